The Morgan fingerprint density at radius 1 is 1.03 bits per heavy atom. The zero-order valence-corrected chi connectivity index (χ0v) is 16.7. The topological polar surface area (TPSA) is 76.2 Å². The van der Waals surface area contributed by atoms with Crippen LogP contribution in [0.4, 0.5) is 5.69 Å². The van der Waals surface area contributed by atoms with Crippen LogP contribution < -0.4 is 14.8 Å². The lowest BCUT2D eigenvalue weighted by Crippen LogP contribution is -2.13. The second kappa shape index (κ2) is 7.72. The van der Waals surface area contributed by atoms with Gasteiger partial charge in [0.1, 0.15) is 5.82 Å². The van der Waals surface area contributed by atoms with Crippen LogP contribution in [0.2, 0.25) is 5.02 Å². The van der Waals surface area contributed by atoms with Crippen LogP contribution in [0.5, 0.6) is 11.5 Å². The lowest BCUT2D eigenvalue weighted by molar-refractivity contribution is 0.102. The minimum absolute atomic E-state index is 0.295. The van der Waals surface area contributed by atoms with E-state index in [0.717, 1.165) is 23.0 Å². The van der Waals surface area contributed by atoms with Gasteiger partial charge in [0.25, 0.3) is 5.91 Å². The second-order valence-electron chi connectivity index (χ2n) is 6.94. The molecule has 0 fully saturated rings. The molecule has 6 nitrogen and oxygen atoms in total. The molecule has 1 aliphatic heterocycles. The van der Waals surface area contributed by atoms with E-state index in [9.17, 15) is 4.79 Å². The third kappa shape index (κ3) is 3.46. The van der Waals surface area contributed by atoms with Crippen molar-refractivity contribution >= 4 is 34.2 Å². The van der Waals surface area contributed by atoms with E-state index in [0.29, 0.717) is 46.8 Å². The van der Waals surface area contributed by atoms with Gasteiger partial charge in [-0.25, -0.2) is 4.98 Å². The van der Waals surface area contributed by atoms with Gasteiger partial charge in [0.15, 0.2) is 11.5 Å². The third-order valence-electron chi connectivity index (χ3n) is 4.88. The van der Waals surface area contributed by atoms with Crippen molar-refractivity contribution in [3.05, 3.63) is 71.2 Å². The van der Waals surface area contributed by atoms with Gasteiger partial charge in [-0.3, -0.25) is 4.79 Å². The highest BCUT2D eigenvalue weighted by Crippen LogP contribution is 2.38. The molecule has 30 heavy (non-hydrogen) atoms. The van der Waals surface area contributed by atoms with E-state index in [4.69, 9.17) is 21.1 Å². The van der Waals surface area contributed by atoms with E-state index >= 15 is 0 Å². The summed E-state index contributed by atoms with van der Waals surface area (Å²) in [6.45, 7) is 1.05. The third-order valence-corrected chi connectivity index (χ3v) is 5.16. The molecule has 4 aromatic rings. The molecule has 1 aliphatic rings. The molecule has 0 bridgehead atoms. The highest BCUT2D eigenvalue weighted by molar-refractivity contribution is 6.32. The van der Waals surface area contributed by atoms with Gasteiger partial charge >= 0.3 is 0 Å². The molecule has 0 saturated heterocycles. The highest BCUT2D eigenvalue weighted by atomic mass is 35.5. The fourth-order valence-corrected chi connectivity index (χ4v) is 3.70. The molecule has 7 heteroatoms. The summed E-state index contributed by atoms with van der Waals surface area (Å²) in [6, 6.07) is 18.6. The van der Waals surface area contributed by atoms with Crippen molar-refractivity contribution in [1.82, 2.24) is 9.97 Å². The molecule has 0 aliphatic carbocycles. The number of hydrogen-bond donors (Lipinski definition) is 2. The number of H-pyrrole nitrogens is 1. The maximum Gasteiger partial charge on any atom is 0.255 e. The summed E-state index contributed by atoms with van der Waals surface area (Å²) in [5.41, 5.74) is 3.63. The van der Waals surface area contributed by atoms with E-state index in [2.05, 4.69) is 15.3 Å². The van der Waals surface area contributed by atoms with Gasteiger partial charge in [-0.15, -0.1) is 0 Å². The van der Waals surface area contributed by atoms with Crippen LogP contribution in [0.25, 0.3) is 22.4 Å². The Morgan fingerprint density at radius 2 is 1.83 bits per heavy atom. The number of anilines is 1. The molecule has 0 unspecified atom stereocenters. The number of aromatic nitrogens is 2. The van der Waals surface area contributed by atoms with Crippen LogP contribution in [0.1, 0.15) is 16.8 Å². The van der Waals surface area contributed by atoms with Crippen LogP contribution in [-0.4, -0.2) is 29.1 Å². The Labute approximate surface area is 177 Å². The fourth-order valence-electron chi connectivity index (χ4n) is 3.44. The van der Waals surface area contributed by atoms with Gasteiger partial charge in [-0.05, 0) is 36.4 Å². The fraction of sp³-hybridized carbons (Fsp3) is 0.130. The number of imidazole rings is 1. The molecule has 1 aromatic heterocycles. The number of amides is 1. The van der Waals surface area contributed by atoms with Crippen LogP contribution in [0, 0.1) is 0 Å². The number of halogens is 1. The summed E-state index contributed by atoms with van der Waals surface area (Å²) in [4.78, 5) is 20.9. The first-order chi connectivity index (χ1) is 14.7. The first kappa shape index (κ1) is 18.5. The van der Waals surface area contributed by atoms with Gasteiger partial charge in [-0.2, -0.15) is 0 Å². The van der Waals surface area contributed by atoms with Crippen LogP contribution in [0.3, 0.4) is 0 Å². The molecule has 150 valence electrons. The molecular weight excluding hydrogens is 402 g/mol. The van der Waals surface area contributed by atoms with E-state index in [1.54, 1.807) is 12.1 Å². The number of nitrogens with one attached hydrogen (secondary N) is 2. The van der Waals surface area contributed by atoms with E-state index in [1.807, 2.05) is 48.5 Å². The van der Waals surface area contributed by atoms with Crippen molar-refractivity contribution in [2.24, 2.45) is 0 Å². The van der Waals surface area contributed by atoms with Crippen LogP contribution in [-0.2, 0) is 0 Å². The summed E-state index contributed by atoms with van der Waals surface area (Å²) in [7, 11) is 0. The Morgan fingerprint density at radius 3 is 2.73 bits per heavy atom. The average molecular weight is 420 g/mol. The Hall–Kier alpha value is -3.51. The second-order valence-corrected chi connectivity index (χ2v) is 7.35. The number of nitrogens with zero attached hydrogens (tertiary/aromatic N) is 1. The predicted molar refractivity (Wildman–Crippen MR) is 117 cm³/mol. The predicted octanol–water partition coefficient (Wildman–Crippen LogP) is 5.30. The molecular formula is C23H18ClN3O3. The van der Waals surface area contributed by atoms with Crippen molar-refractivity contribution in [2.75, 3.05) is 18.5 Å². The summed E-state index contributed by atoms with van der Waals surface area (Å²) < 4.78 is 11.3. The summed E-state index contributed by atoms with van der Waals surface area (Å²) in [6.07, 6.45) is 0.761. The minimum Gasteiger partial charge on any atom is -0.489 e. The molecule has 1 amide bonds. The number of fused-ring (bicyclic) bond motifs is 2. The first-order valence-corrected chi connectivity index (χ1v) is 10.0. The number of para-hydroxylation sites is 3. The SMILES string of the molecule is O=C(Nc1ccccc1-c1nc2ccccc2[nH]1)c1cc(Cl)c2c(c1)OCCCO2. The zero-order valence-electron chi connectivity index (χ0n) is 15.9. The molecule has 0 saturated carbocycles. The lowest BCUT2D eigenvalue weighted by Gasteiger charge is -2.13. The smallest absolute Gasteiger partial charge is 0.255 e. The maximum absolute atomic E-state index is 13.0. The molecule has 0 radical (unpaired) electrons. The van der Waals surface area contributed by atoms with Gasteiger partial charge in [-0.1, -0.05) is 35.9 Å². The van der Waals surface area contributed by atoms with Crippen molar-refractivity contribution in [3.8, 4) is 22.9 Å². The highest BCUT2D eigenvalue weighted by Gasteiger charge is 2.19. The number of rotatable bonds is 3. The molecule has 0 spiro atoms. The number of ether oxygens (including phenoxy) is 2. The lowest BCUT2D eigenvalue weighted by atomic mass is 10.1. The van der Waals surface area contributed by atoms with E-state index in [1.165, 1.54) is 0 Å². The Balaban J connectivity index is 1.47. The van der Waals surface area contributed by atoms with Gasteiger partial charge in [0, 0.05) is 17.5 Å². The molecule has 3 aromatic carbocycles. The standard InChI is InChI=1S/C23H18ClN3O3/c24-16-12-14(13-20-21(16)30-11-5-10-29-20)23(28)27-17-7-2-1-6-15(17)22-25-18-8-3-4-9-19(18)26-22/h1-4,6-9,12-13H,5,10-11H2,(H,25,26)(H,27,28). The van der Waals surface area contributed by atoms with Crippen LogP contribution >= 0.6 is 11.6 Å². The van der Waals surface area contributed by atoms with Crippen molar-refractivity contribution in [3.63, 3.8) is 0 Å². The zero-order chi connectivity index (χ0) is 20.5. The average Bonchev–Trinajstić information content (AvgIpc) is 3.04. The summed E-state index contributed by atoms with van der Waals surface area (Å²) in [5.74, 6) is 1.35. The Bertz CT molecular complexity index is 1220. The molecule has 2 heterocycles. The van der Waals surface area contributed by atoms with Gasteiger partial charge < -0.3 is 19.8 Å². The summed E-state index contributed by atoms with van der Waals surface area (Å²) >= 11 is 6.34. The monoisotopic (exact) mass is 419 g/mol. The number of carbonyl (C=O) groups excluding carboxylic acids is 1. The maximum atomic E-state index is 13.0. The number of hydrogen-bond acceptors (Lipinski definition) is 4. The largest absolute Gasteiger partial charge is 0.489 e. The quantitative estimate of drug-likeness (QED) is 0.472. The van der Waals surface area contributed by atoms with E-state index in [-0.39, 0.29) is 5.91 Å². The summed E-state index contributed by atoms with van der Waals surface area (Å²) in [5, 5.41) is 3.32. The normalized spacial score (nSPS) is 13.1. The molecule has 5 rings (SSSR count). The molecule has 0 atom stereocenters. The minimum atomic E-state index is -0.295. The first-order valence-electron chi connectivity index (χ1n) is 9.64. The van der Waals surface area contributed by atoms with Gasteiger partial charge in [0.05, 0.1) is 35.0 Å². The number of benzene rings is 3. The van der Waals surface area contributed by atoms with Crippen molar-refractivity contribution < 1.29 is 14.3 Å². The Kier molecular flexibility index (Phi) is 4.77. The molecule has 2 N–H and O–H groups in total. The van der Waals surface area contributed by atoms with Crippen molar-refractivity contribution in [1.29, 1.82) is 0 Å². The number of aromatic amines is 1. The van der Waals surface area contributed by atoms with Crippen molar-refractivity contribution in [2.45, 2.75) is 6.42 Å². The van der Waals surface area contributed by atoms with Crippen LogP contribution in [0.15, 0.2) is 60.7 Å². The number of carbonyl (C=O) groups is 1. The van der Waals surface area contributed by atoms with E-state index < -0.39 is 0 Å². The van der Waals surface area contributed by atoms with Gasteiger partial charge in [0.2, 0.25) is 0 Å².